The third-order valence-electron chi connectivity index (χ3n) is 12.7. The molecule has 1 aliphatic carbocycles. The first-order valence-electron chi connectivity index (χ1n) is 21.0. The van der Waals surface area contributed by atoms with Gasteiger partial charge in [0, 0.05) is 36.1 Å². The summed E-state index contributed by atoms with van der Waals surface area (Å²) in [5.74, 6) is 0. The Morgan fingerprint density at radius 2 is 1.00 bits per heavy atom. The first-order chi connectivity index (χ1) is 30.1. The topological polar surface area (TPSA) is 30.3 Å². The van der Waals surface area contributed by atoms with Crippen LogP contribution in [0, 0.1) is 5.41 Å². The van der Waals surface area contributed by atoms with Gasteiger partial charge in [-0.2, -0.15) is 0 Å². The van der Waals surface area contributed by atoms with Gasteiger partial charge in [0.1, 0.15) is 0 Å². The molecule has 1 heterocycles. The molecule has 0 amide bonds. The summed E-state index contributed by atoms with van der Waals surface area (Å²) in [4.78, 5) is 4.67. The van der Waals surface area contributed by atoms with Gasteiger partial charge in [0.25, 0.3) is 0 Å². The van der Waals surface area contributed by atoms with Crippen LogP contribution in [-0.4, -0.2) is 12.8 Å². The van der Waals surface area contributed by atoms with E-state index in [1.54, 1.807) is 0 Å². The summed E-state index contributed by atoms with van der Waals surface area (Å²) in [6, 6.07) is 80.8. The molecule has 1 spiro atoms. The Labute approximate surface area is 358 Å². The van der Waals surface area contributed by atoms with E-state index in [9.17, 15) is 5.41 Å². The van der Waals surface area contributed by atoms with Crippen LogP contribution in [0.1, 0.15) is 38.9 Å². The van der Waals surface area contributed by atoms with Gasteiger partial charge in [0.15, 0.2) is 0 Å². The average Bonchev–Trinajstić information content (AvgIpc) is 3.62. The molecule has 0 radical (unpaired) electrons. The maximum absolute atomic E-state index is 9.65. The number of hydrogen-bond acceptors (Lipinski definition) is 3. The second kappa shape index (κ2) is 14.8. The number of para-hydroxylation sites is 4. The fourth-order valence-corrected chi connectivity index (χ4v) is 9.96. The van der Waals surface area contributed by atoms with Crippen molar-refractivity contribution < 1.29 is 0 Å². The van der Waals surface area contributed by atoms with E-state index in [1.807, 2.05) is 6.07 Å². The van der Waals surface area contributed by atoms with Gasteiger partial charge in [0.2, 0.25) is 0 Å². The van der Waals surface area contributed by atoms with Crippen molar-refractivity contribution in [3.05, 3.63) is 263 Å². The second-order valence-electron chi connectivity index (χ2n) is 16.2. The van der Waals surface area contributed by atoms with Gasteiger partial charge in [-0.05, 0) is 104 Å². The highest BCUT2D eigenvalue weighted by atomic mass is 15.2. The Kier molecular flexibility index (Phi) is 8.82. The molecule has 0 atom stereocenters. The first kappa shape index (κ1) is 36.3. The summed E-state index contributed by atoms with van der Waals surface area (Å²) in [5.41, 5.74) is 19.8. The fraction of sp³-hybridized carbons (Fsp3) is 0.0517. The molecule has 1 N–H and O–H groups in total. The molecule has 61 heavy (non-hydrogen) atoms. The van der Waals surface area contributed by atoms with Gasteiger partial charge in [0.05, 0.1) is 22.5 Å². The van der Waals surface area contributed by atoms with E-state index in [0.717, 1.165) is 40.2 Å². The molecule has 3 nitrogen and oxygen atoms in total. The molecule has 0 unspecified atom stereocenters. The zero-order valence-corrected chi connectivity index (χ0v) is 34.0. The summed E-state index contributed by atoms with van der Waals surface area (Å²) in [7, 11) is 2.12. The van der Waals surface area contributed by atoms with Crippen LogP contribution in [0.5, 0.6) is 0 Å². The normalized spacial score (nSPS) is 12.9. The lowest BCUT2D eigenvalue weighted by Gasteiger charge is -2.45. The molecule has 11 rings (SSSR count). The average molecular weight is 782 g/mol. The van der Waals surface area contributed by atoms with Crippen molar-refractivity contribution in [2.45, 2.75) is 12.0 Å². The third kappa shape index (κ3) is 5.92. The Morgan fingerprint density at radius 1 is 0.459 bits per heavy atom. The lowest BCUT2D eigenvalue weighted by molar-refractivity contribution is 0.753. The number of benzene rings is 9. The highest BCUT2D eigenvalue weighted by Crippen LogP contribution is 2.63. The van der Waals surface area contributed by atoms with Crippen molar-refractivity contribution in [1.29, 1.82) is 5.41 Å². The molecule has 9 aromatic rings. The van der Waals surface area contributed by atoms with E-state index < -0.39 is 5.41 Å². The standard InChI is InChI=1S/C58H43N3/c1-60(39-40-31-33-42(34-32-40)41-17-4-2-5-18-41)54-28-13-9-24-49(54)57(59)45-20-16-19-43(37-45)44-35-36-48-47-23-8-10-25-50(47)58(53(48)38-44)51-26-11-14-29-55(51)61(46-21-6-3-7-22-46)56-30-15-12-27-52(56)58/h2-38,59H,39H2,1H3. The lowest BCUT2D eigenvalue weighted by atomic mass is 9.64. The van der Waals surface area contributed by atoms with Gasteiger partial charge in [-0.25, -0.2) is 0 Å². The highest BCUT2D eigenvalue weighted by molar-refractivity contribution is 6.14. The molecule has 3 heteroatoms. The minimum Gasteiger partial charge on any atom is -0.370 e. The maximum atomic E-state index is 9.65. The Morgan fingerprint density at radius 3 is 1.74 bits per heavy atom. The van der Waals surface area contributed by atoms with Gasteiger partial charge in [-0.3, -0.25) is 5.41 Å². The van der Waals surface area contributed by atoms with Crippen LogP contribution in [-0.2, 0) is 12.0 Å². The molecule has 0 aromatic heterocycles. The number of nitrogens with one attached hydrogen (secondary N) is 1. The van der Waals surface area contributed by atoms with E-state index in [4.69, 9.17) is 0 Å². The zero-order chi connectivity index (χ0) is 40.9. The Balaban J connectivity index is 0.976. The molecule has 0 saturated carbocycles. The SMILES string of the molecule is CN(Cc1ccc(-c2ccccc2)cc1)c1ccccc1C(=N)c1cccc(-c2ccc3c(c2)C2(c4ccccc4-3)c3ccccc3N(c3ccccc3)c3ccccc32)c1. The number of anilines is 4. The quantitative estimate of drug-likeness (QED) is 0.156. The second-order valence-corrected chi connectivity index (χ2v) is 16.2. The van der Waals surface area contributed by atoms with Crippen molar-refractivity contribution in [3.8, 4) is 33.4 Å². The van der Waals surface area contributed by atoms with Crippen LogP contribution >= 0.6 is 0 Å². The Bertz CT molecular complexity index is 3050. The lowest BCUT2D eigenvalue weighted by Crippen LogP contribution is -2.36. The summed E-state index contributed by atoms with van der Waals surface area (Å²) in [6.45, 7) is 0.730. The largest absolute Gasteiger partial charge is 0.370 e. The molecule has 0 saturated heterocycles. The Hall–Kier alpha value is -7.75. The highest BCUT2D eigenvalue weighted by Gasteiger charge is 2.51. The van der Waals surface area contributed by atoms with Crippen molar-refractivity contribution in [3.63, 3.8) is 0 Å². The molecule has 9 aromatic carbocycles. The molecule has 0 bridgehead atoms. The first-order valence-corrected chi connectivity index (χ1v) is 21.0. The van der Waals surface area contributed by atoms with Crippen molar-refractivity contribution in [2.24, 2.45) is 0 Å². The molecule has 1 aliphatic heterocycles. The molecular formula is C58H43N3. The smallest absolute Gasteiger partial charge is 0.0754 e. The molecule has 2 aliphatic rings. The summed E-state index contributed by atoms with van der Waals surface area (Å²) >= 11 is 0. The van der Waals surface area contributed by atoms with E-state index >= 15 is 0 Å². The van der Waals surface area contributed by atoms with E-state index in [-0.39, 0.29) is 0 Å². The summed E-state index contributed by atoms with van der Waals surface area (Å²) < 4.78 is 0. The monoisotopic (exact) mass is 781 g/mol. The minimum absolute atomic E-state index is 0.505. The van der Waals surface area contributed by atoms with Crippen LogP contribution in [0.3, 0.4) is 0 Å². The van der Waals surface area contributed by atoms with E-state index in [1.165, 1.54) is 61.4 Å². The predicted molar refractivity (Wildman–Crippen MR) is 254 cm³/mol. The predicted octanol–water partition coefficient (Wildman–Crippen LogP) is 14.2. The van der Waals surface area contributed by atoms with Crippen LogP contribution in [0.4, 0.5) is 22.7 Å². The maximum Gasteiger partial charge on any atom is 0.0754 e. The third-order valence-corrected chi connectivity index (χ3v) is 12.7. The van der Waals surface area contributed by atoms with Crippen molar-refractivity contribution >= 4 is 28.5 Å². The van der Waals surface area contributed by atoms with Gasteiger partial charge >= 0.3 is 0 Å². The molecule has 0 fully saturated rings. The van der Waals surface area contributed by atoms with Crippen LogP contribution in [0.15, 0.2) is 224 Å². The van der Waals surface area contributed by atoms with Crippen LogP contribution < -0.4 is 9.80 Å². The van der Waals surface area contributed by atoms with Gasteiger partial charge < -0.3 is 9.80 Å². The number of fused-ring (bicyclic) bond motifs is 9. The van der Waals surface area contributed by atoms with E-state index in [2.05, 4.69) is 235 Å². The minimum atomic E-state index is -0.532. The van der Waals surface area contributed by atoms with E-state index in [0.29, 0.717) is 5.71 Å². The van der Waals surface area contributed by atoms with Crippen LogP contribution in [0.25, 0.3) is 33.4 Å². The summed E-state index contributed by atoms with van der Waals surface area (Å²) in [5, 5.41) is 9.65. The number of hydrogen-bond donors (Lipinski definition) is 1. The van der Waals surface area contributed by atoms with Crippen molar-refractivity contribution in [1.82, 2.24) is 0 Å². The van der Waals surface area contributed by atoms with Gasteiger partial charge in [-0.15, -0.1) is 0 Å². The number of nitrogens with zero attached hydrogens (tertiary/aromatic N) is 2. The zero-order valence-electron chi connectivity index (χ0n) is 34.0. The number of rotatable bonds is 8. The van der Waals surface area contributed by atoms with Gasteiger partial charge in [-0.1, -0.05) is 182 Å². The summed E-state index contributed by atoms with van der Waals surface area (Å²) in [6.07, 6.45) is 0. The van der Waals surface area contributed by atoms with Crippen LogP contribution in [0.2, 0.25) is 0 Å². The molecule has 290 valence electrons. The van der Waals surface area contributed by atoms with Crippen molar-refractivity contribution in [2.75, 3.05) is 16.8 Å². The molecular weight excluding hydrogens is 739 g/mol. The fourth-order valence-electron chi connectivity index (χ4n) is 9.96.